The molecule has 63 heavy (non-hydrogen) atoms. The molecular weight excluding hydrogens is 781 g/mol. The summed E-state index contributed by atoms with van der Waals surface area (Å²) in [5.41, 5.74) is 0. The monoisotopic (exact) mass is 891 g/mol. The fourth-order valence-electron chi connectivity index (χ4n) is 8.65. The van der Waals surface area contributed by atoms with Gasteiger partial charge in [0.25, 0.3) is 0 Å². The molecule has 0 aliphatic carbocycles. The van der Waals surface area contributed by atoms with Gasteiger partial charge in [-0.2, -0.15) is 0 Å². The first-order chi connectivity index (χ1) is 30.6. The Bertz CT molecular complexity index is 976. The molecule has 0 radical (unpaired) electrons. The summed E-state index contributed by atoms with van der Waals surface area (Å²) in [4.78, 5) is 38.0. The van der Waals surface area contributed by atoms with Crippen molar-refractivity contribution in [3.63, 3.8) is 0 Å². The highest BCUT2D eigenvalue weighted by atomic mass is 16.6. The number of ether oxygens (including phenoxy) is 3. The van der Waals surface area contributed by atoms with Crippen molar-refractivity contribution in [2.45, 2.75) is 317 Å². The summed E-state index contributed by atoms with van der Waals surface area (Å²) in [5, 5.41) is 0. The van der Waals surface area contributed by atoms with Crippen molar-refractivity contribution in [1.29, 1.82) is 0 Å². The Morgan fingerprint density at radius 3 is 0.683 bits per heavy atom. The van der Waals surface area contributed by atoms with Gasteiger partial charge in [0.05, 0.1) is 0 Å². The van der Waals surface area contributed by atoms with Crippen molar-refractivity contribution in [3.8, 4) is 0 Å². The second-order valence-corrected chi connectivity index (χ2v) is 21.0. The lowest BCUT2D eigenvalue weighted by molar-refractivity contribution is -0.167. The SMILES string of the molecule is CC(C)CCCCCCCCCCCCCCCCCCC(=O)OC[C@H](COC(=O)CCCCCCCCCC(C)C)OC(=O)CCCCCCCCCCCCCCCC(C)C. The van der Waals surface area contributed by atoms with Crippen LogP contribution in [0.2, 0.25) is 0 Å². The van der Waals surface area contributed by atoms with Gasteiger partial charge < -0.3 is 14.2 Å². The van der Waals surface area contributed by atoms with Crippen LogP contribution in [0.15, 0.2) is 0 Å². The highest BCUT2D eigenvalue weighted by molar-refractivity contribution is 5.71. The fourth-order valence-corrected chi connectivity index (χ4v) is 8.65. The van der Waals surface area contributed by atoms with Crippen LogP contribution in [0.3, 0.4) is 0 Å². The van der Waals surface area contributed by atoms with E-state index in [0.29, 0.717) is 19.3 Å². The summed E-state index contributed by atoms with van der Waals surface area (Å²) in [7, 11) is 0. The van der Waals surface area contributed by atoms with Crippen LogP contribution in [0.1, 0.15) is 311 Å². The van der Waals surface area contributed by atoms with Crippen LogP contribution in [-0.4, -0.2) is 37.2 Å². The van der Waals surface area contributed by atoms with Gasteiger partial charge in [0, 0.05) is 19.3 Å². The molecule has 0 amide bonds. The zero-order chi connectivity index (χ0) is 46.3. The Morgan fingerprint density at radius 2 is 0.460 bits per heavy atom. The molecule has 0 heterocycles. The zero-order valence-corrected chi connectivity index (χ0v) is 43.4. The molecule has 0 aromatic heterocycles. The lowest BCUT2D eigenvalue weighted by Crippen LogP contribution is -2.30. The molecule has 0 aliphatic heterocycles. The minimum Gasteiger partial charge on any atom is -0.462 e. The number of hydrogen-bond donors (Lipinski definition) is 0. The highest BCUT2D eigenvalue weighted by Gasteiger charge is 2.19. The molecule has 0 aromatic rings. The van der Waals surface area contributed by atoms with E-state index >= 15 is 0 Å². The normalized spacial score (nSPS) is 12.1. The van der Waals surface area contributed by atoms with Crippen molar-refractivity contribution in [2.24, 2.45) is 17.8 Å². The molecule has 0 saturated carbocycles. The minimum absolute atomic E-state index is 0.0642. The largest absolute Gasteiger partial charge is 0.462 e. The highest BCUT2D eigenvalue weighted by Crippen LogP contribution is 2.18. The Balaban J connectivity index is 4.24. The fraction of sp³-hybridized carbons (Fsp3) is 0.947. The van der Waals surface area contributed by atoms with E-state index in [4.69, 9.17) is 14.2 Å². The lowest BCUT2D eigenvalue weighted by Gasteiger charge is -2.18. The molecule has 0 N–H and O–H groups in total. The molecule has 374 valence electrons. The van der Waals surface area contributed by atoms with Crippen LogP contribution in [0.25, 0.3) is 0 Å². The molecule has 0 fully saturated rings. The van der Waals surface area contributed by atoms with Crippen LogP contribution in [0, 0.1) is 17.8 Å². The van der Waals surface area contributed by atoms with Gasteiger partial charge in [-0.25, -0.2) is 0 Å². The molecule has 0 aliphatic rings. The third kappa shape index (κ3) is 51.3. The molecule has 0 bridgehead atoms. The Morgan fingerprint density at radius 1 is 0.270 bits per heavy atom. The van der Waals surface area contributed by atoms with E-state index in [1.54, 1.807) is 0 Å². The molecule has 0 rings (SSSR count). The standard InChI is InChI=1S/C57H110O6/c1-51(2)43-37-31-25-20-16-12-9-7-8-10-14-18-22-28-34-40-46-55(58)61-49-54(50-62-56(59)47-41-35-30-24-27-33-39-45-53(5)6)63-57(60)48-42-36-29-23-19-15-11-13-17-21-26-32-38-44-52(3)4/h51-54H,7-50H2,1-6H3/t54-/m1/s1. The van der Waals surface area contributed by atoms with E-state index in [1.807, 2.05) is 0 Å². The molecule has 0 unspecified atom stereocenters. The van der Waals surface area contributed by atoms with Gasteiger partial charge in [-0.1, -0.05) is 273 Å². The van der Waals surface area contributed by atoms with Gasteiger partial charge in [-0.15, -0.1) is 0 Å². The van der Waals surface area contributed by atoms with Gasteiger partial charge in [0.15, 0.2) is 6.10 Å². The lowest BCUT2D eigenvalue weighted by atomic mass is 10.0. The van der Waals surface area contributed by atoms with E-state index in [1.165, 1.54) is 193 Å². The van der Waals surface area contributed by atoms with Crippen LogP contribution in [-0.2, 0) is 28.6 Å². The predicted molar refractivity (Wildman–Crippen MR) is 270 cm³/mol. The maximum atomic E-state index is 12.8. The number of carbonyl (C=O) groups excluding carboxylic acids is 3. The number of hydrogen-bond acceptors (Lipinski definition) is 6. The Labute approximate surface area is 393 Å². The van der Waals surface area contributed by atoms with Crippen LogP contribution in [0.5, 0.6) is 0 Å². The molecule has 0 saturated heterocycles. The predicted octanol–water partition coefficient (Wildman–Crippen LogP) is 18.3. The Hall–Kier alpha value is -1.59. The number of carbonyl (C=O) groups is 3. The van der Waals surface area contributed by atoms with Gasteiger partial charge in [0.1, 0.15) is 13.2 Å². The molecule has 6 nitrogen and oxygen atoms in total. The van der Waals surface area contributed by atoms with E-state index in [-0.39, 0.29) is 31.1 Å². The second-order valence-electron chi connectivity index (χ2n) is 21.0. The van der Waals surface area contributed by atoms with Gasteiger partial charge in [-0.05, 0) is 37.0 Å². The number of rotatable bonds is 50. The quantitative estimate of drug-likeness (QED) is 0.0344. The van der Waals surface area contributed by atoms with Crippen molar-refractivity contribution in [1.82, 2.24) is 0 Å². The number of esters is 3. The molecule has 1 atom stereocenters. The molecule has 6 heteroatoms. The molecule has 0 aromatic carbocycles. The van der Waals surface area contributed by atoms with Gasteiger partial charge in [-0.3, -0.25) is 14.4 Å². The summed E-state index contributed by atoms with van der Waals surface area (Å²) in [6, 6.07) is 0. The summed E-state index contributed by atoms with van der Waals surface area (Å²) in [6.07, 6.45) is 49.6. The third-order valence-corrected chi connectivity index (χ3v) is 12.9. The van der Waals surface area contributed by atoms with Crippen LogP contribution < -0.4 is 0 Å². The summed E-state index contributed by atoms with van der Waals surface area (Å²) < 4.78 is 16.8. The summed E-state index contributed by atoms with van der Waals surface area (Å²) in [6.45, 7) is 13.7. The third-order valence-electron chi connectivity index (χ3n) is 12.9. The number of unbranched alkanes of at least 4 members (excludes halogenated alkanes) is 33. The first kappa shape index (κ1) is 61.4. The average molecular weight is 892 g/mol. The summed E-state index contributed by atoms with van der Waals surface area (Å²) in [5.74, 6) is 1.62. The molecular formula is C57H110O6. The van der Waals surface area contributed by atoms with E-state index in [9.17, 15) is 14.4 Å². The maximum absolute atomic E-state index is 12.8. The van der Waals surface area contributed by atoms with Crippen LogP contribution in [0.4, 0.5) is 0 Å². The average Bonchev–Trinajstić information content (AvgIpc) is 3.24. The van der Waals surface area contributed by atoms with E-state index in [0.717, 1.165) is 75.5 Å². The maximum Gasteiger partial charge on any atom is 0.306 e. The Kier molecular flexibility index (Phi) is 47.1. The smallest absolute Gasteiger partial charge is 0.306 e. The van der Waals surface area contributed by atoms with E-state index in [2.05, 4.69) is 41.5 Å². The molecule has 0 spiro atoms. The topological polar surface area (TPSA) is 78.9 Å². The zero-order valence-electron chi connectivity index (χ0n) is 43.4. The first-order valence-electron chi connectivity index (χ1n) is 28.1. The second kappa shape index (κ2) is 48.3. The summed E-state index contributed by atoms with van der Waals surface area (Å²) >= 11 is 0. The first-order valence-corrected chi connectivity index (χ1v) is 28.1. The van der Waals surface area contributed by atoms with Gasteiger partial charge in [0.2, 0.25) is 0 Å². The van der Waals surface area contributed by atoms with Crippen molar-refractivity contribution >= 4 is 17.9 Å². The van der Waals surface area contributed by atoms with Gasteiger partial charge >= 0.3 is 17.9 Å². The van der Waals surface area contributed by atoms with Crippen molar-refractivity contribution in [2.75, 3.05) is 13.2 Å². The van der Waals surface area contributed by atoms with Crippen LogP contribution >= 0.6 is 0 Å². The van der Waals surface area contributed by atoms with Crippen molar-refractivity contribution in [3.05, 3.63) is 0 Å². The van der Waals surface area contributed by atoms with E-state index < -0.39 is 6.10 Å². The minimum atomic E-state index is -0.763. The van der Waals surface area contributed by atoms with Crippen molar-refractivity contribution < 1.29 is 28.6 Å².